The molecule has 0 aromatic carbocycles. The molecule has 5 nitrogen and oxygen atoms in total. The topological polar surface area (TPSA) is 57.5 Å². The lowest BCUT2D eigenvalue weighted by atomic mass is 9.87. The number of urea groups is 1. The van der Waals surface area contributed by atoms with E-state index in [0.717, 1.165) is 31.8 Å². The van der Waals surface area contributed by atoms with E-state index in [-0.39, 0.29) is 12.6 Å². The zero-order valence-electron chi connectivity index (χ0n) is 14.1. The van der Waals surface area contributed by atoms with Gasteiger partial charge in [0.15, 0.2) is 0 Å². The van der Waals surface area contributed by atoms with E-state index in [1.807, 2.05) is 24.5 Å². The van der Waals surface area contributed by atoms with Crippen molar-refractivity contribution in [3.05, 3.63) is 24.5 Å². The molecule has 1 aromatic rings. The van der Waals surface area contributed by atoms with E-state index >= 15 is 0 Å². The molecular formula is C18H31N3O2. The number of carbonyl (C=O) groups excluding carboxylic acids is 1. The molecule has 1 aromatic heterocycles. The summed E-state index contributed by atoms with van der Waals surface area (Å²) in [5.41, 5.74) is 0. The molecule has 23 heavy (non-hydrogen) atoms. The summed E-state index contributed by atoms with van der Waals surface area (Å²) in [5, 5.41) is 12.2. The van der Waals surface area contributed by atoms with Crippen molar-refractivity contribution in [2.45, 2.75) is 51.5 Å². The highest BCUT2D eigenvalue weighted by molar-refractivity contribution is 5.74. The molecule has 0 bridgehead atoms. The lowest BCUT2D eigenvalue weighted by molar-refractivity contribution is 0.169. The van der Waals surface area contributed by atoms with E-state index in [2.05, 4.69) is 9.88 Å². The van der Waals surface area contributed by atoms with Gasteiger partial charge in [-0.25, -0.2) is 4.79 Å². The Hall–Kier alpha value is -1.49. The lowest BCUT2D eigenvalue weighted by Gasteiger charge is -2.27. The van der Waals surface area contributed by atoms with Crippen LogP contribution in [0.25, 0.3) is 0 Å². The van der Waals surface area contributed by atoms with Gasteiger partial charge in [-0.1, -0.05) is 32.1 Å². The number of aliphatic hydroxyl groups excluding tert-OH is 1. The van der Waals surface area contributed by atoms with Crippen LogP contribution in [0.3, 0.4) is 0 Å². The first kappa shape index (κ1) is 17.9. The molecule has 2 amide bonds. The third-order valence-corrected chi connectivity index (χ3v) is 4.72. The minimum atomic E-state index is -0.0395. The number of carbonyl (C=O) groups is 1. The molecule has 1 saturated carbocycles. The Bertz CT molecular complexity index is 427. The van der Waals surface area contributed by atoms with Crippen LogP contribution in [0.15, 0.2) is 24.5 Å². The van der Waals surface area contributed by atoms with Crippen LogP contribution in [0.4, 0.5) is 4.79 Å². The SMILES string of the molecule is O=C(NCCCn1cccc1)N(CCO)CCC1CCCCC1. The Labute approximate surface area is 139 Å². The van der Waals surface area contributed by atoms with E-state index in [0.29, 0.717) is 13.1 Å². The summed E-state index contributed by atoms with van der Waals surface area (Å²) in [5.74, 6) is 0.756. The third-order valence-electron chi connectivity index (χ3n) is 4.72. The van der Waals surface area contributed by atoms with Crippen molar-refractivity contribution in [1.29, 1.82) is 0 Å². The minimum absolute atomic E-state index is 0.0292. The second kappa shape index (κ2) is 10.3. The van der Waals surface area contributed by atoms with Crippen LogP contribution >= 0.6 is 0 Å². The second-order valence-corrected chi connectivity index (χ2v) is 6.51. The van der Waals surface area contributed by atoms with E-state index in [1.165, 1.54) is 32.1 Å². The van der Waals surface area contributed by atoms with E-state index < -0.39 is 0 Å². The van der Waals surface area contributed by atoms with Gasteiger partial charge in [-0.15, -0.1) is 0 Å². The zero-order valence-corrected chi connectivity index (χ0v) is 14.1. The number of hydrogen-bond acceptors (Lipinski definition) is 2. The number of aliphatic hydroxyl groups is 1. The van der Waals surface area contributed by atoms with Crippen LogP contribution in [0.2, 0.25) is 0 Å². The quantitative estimate of drug-likeness (QED) is 0.687. The molecule has 2 rings (SSSR count). The monoisotopic (exact) mass is 321 g/mol. The van der Waals surface area contributed by atoms with E-state index in [1.54, 1.807) is 4.90 Å². The smallest absolute Gasteiger partial charge is 0.317 e. The summed E-state index contributed by atoms with van der Waals surface area (Å²) in [6, 6.07) is 3.97. The molecule has 2 N–H and O–H groups in total. The minimum Gasteiger partial charge on any atom is -0.395 e. The first-order valence-corrected chi connectivity index (χ1v) is 9.04. The maximum absolute atomic E-state index is 12.3. The average molecular weight is 321 g/mol. The van der Waals surface area contributed by atoms with Gasteiger partial charge >= 0.3 is 6.03 Å². The number of nitrogens with one attached hydrogen (secondary N) is 1. The maximum Gasteiger partial charge on any atom is 0.317 e. The summed E-state index contributed by atoms with van der Waals surface area (Å²) in [6.07, 6.45) is 12.7. The summed E-state index contributed by atoms with van der Waals surface area (Å²) in [7, 11) is 0. The summed E-state index contributed by atoms with van der Waals surface area (Å²) in [4.78, 5) is 14.0. The fourth-order valence-electron chi connectivity index (χ4n) is 3.34. The largest absolute Gasteiger partial charge is 0.395 e. The van der Waals surface area contributed by atoms with Gasteiger partial charge in [0.25, 0.3) is 0 Å². The van der Waals surface area contributed by atoms with Crippen molar-refractivity contribution in [3.63, 3.8) is 0 Å². The number of hydrogen-bond donors (Lipinski definition) is 2. The van der Waals surface area contributed by atoms with Crippen molar-refractivity contribution in [3.8, 4) is 0 Å². The van der Waals surface area contributed by atoms with Crippen molar-refractivity contribution >= 4 is 6.03 Å². The van der Waals surface area contributed by atoms with E-state index in [9.17, 15) is 9.90 Å². The van der Waals surface area contributed by atoms with Crippen LogP contribution in [-0.4, -0.2) is 46.8 Å². The van der Waals surface area contributed by atoms with Crippen molar-refractivity contribution in [2.75, 3.05) is 26.2 Å². The summed E-state index contributed by atoms with van der Waals surface area (Å²) in [6.45, 7) is 2.80. The lowest BCUT2D eigenvalue weighted by Crippen LogP contribution is -2.43. The zero-order chi connectivity index (χ0) is 16.3. The van der Waals surface area contributed by atoms with Crippen molar-refractivity contribution < 1.29 is 9.90 Å². The number of aryl methyl sites for hydroxylation is 1. The van der Waals surface area contributed by atoms with Crippen LogP contribution in [0, 0.1) is 5.92 Å². The van der Waals surface area contributed by atoms with Crippen LogP contribution in [0.1, 0.15) is 44.9 Å². The highest BCUT2D eigenvalue weighted by Crippen LogP contribution is 2.26. The molecule has 0 atom stereocenters. The molecule has 5 heteroatoms. The Balaban J connectivity index is 1.64. The van der Waals surface area contributed by atoms with Gasteiger partial charge in [0.05, 0.1) is 6.61 Å². The van der Waals surface area contributed by atoms with Gasteiger partial charge in [-0.2, -0.15) is 0 Å². The van der Waals surface area contributed by atoms with Gasteiger partial charge in [0.2, 0.25) is 0 Å². The fraction of sp³-hybridized carbons (Fsp3) is 0.722. The van der Waals surface area contributed by atoms with Crippen molar-refractivity contribution in [1.82, 2.24) is 14.8 Å². The molecule has 0 spiro atoms. The van der Waals surface area contributed by atoms with Gasteiger partial charge in [-0.3, -0.25) is 0 Å². The fourth-order valence-corrected chi connectivity index (χ4v) is 3.34. The van der Waals surface area contributed by atoms with Crippen LogP contribution < -0.4 is 5.32 Å². The normalized spacial score (nSPS) is 15.5. The van der Waals surface area contributed by atoms with Crippen LogP contribution in [-0.2, 0) is 6.54 Å². The summed E-state index contributed by atoms with van der Waals surface area (Å²) < 4.78 is 2.11. The molecule has 0 aliphatic heterocycles. The Morgan fingerprint density at radius 3 is 2.61 bits per heavy atom. The Morgan fingerprint density at radius 1 is 1.17 bits per heavy atom. The van der Waals surface area contributed by atoms with Gasteiger partial charge in [-0.05, 0) is 30.9 Å². The highest BCUT2D eigenvalue weighted by Gasteiger charge is 2.17. The molecular weight excluding hydrogens is 290 g/mol. The second-order valence-electron chi connectivity index (χ2n) is 6.51. The Morgan fingerprint density at radius 2 is 1.91 bits per heavy atom. The third kappa shape index (κ3) is 6.65. The van der Waals surface area contributed by atoms with Crippen molar-refractivity contribution in [2.24, 2.45) is 5.92 Å². The first-order valence-electron chi connectivity index (χ1n) is 9.04. The molecule has 0 saturated heterocycles. The van der Waals surface area contributed by atoms with Crippen LogP contribution in [0.5, 0.6) is 0 Å². The maximum atomic E-state index is 12.3. The summed E-state index contributed by atoms with van der Waals surface area (Å²) >= 11 is 0. The standard InChI is InChI=1S/C18H31N3O2/c22-16-15-21(14-9-17-7-2-1-3-8-17)18(23)19-10-6-13-20-11-4-5-12-20/h4-5,11-12,17,22H,1-3,6-10,13-16H2,(H,19,23). The average Bonchev–Trinajstić information content (AvgIpc) is 3.09. The molecule has 0 radical (unpaired) electrons. The molecule has 1 aliphatic carbocycles. The number of amides is 2. The Kier molecular flexibility index (Phi) is 8.01. The van der Waals surface area contributed by atoms with Gasteiger partial charge in [0, 0.05) is 38.6 Å². The molecule has 0 unspecified atom stereocenters. The number of nitrogens with zero attached hydrogens (tertiary/aromatic N) is 2. The van der Waals surface area contributed by atoms with Gasteiger partial charge in [0.1, 0.15) is 0 Å². The predicted octanol–water partition coefficient (Wildman–Crippen LogP) is 2.85. The molecule has 1 fully saturated rings. The molecule has 130 valence electrons. The molecule has 1 aliphatic rings. The van der Waals surface area contributed by atoms with Gasteiger partial charge < -0.3 is 19.9 Å². The number of rotatable bonds is 9. The molecule has 1 heterocycles. The van der Waals surface area contributed by atoms with E-state index in [4.69, 9.17) is 0 Å². The number of aromatic nitrogens is 1. The highest BCUT2D eigenvalue weighted by atomic mass is 16.3. The predicted molar refractivity (Wildman–Crippen MR) is 92.3 cm³/mol. The first-order chi connectivity index (χ1) is 11.3.